The molecule has 2 aromatic heterocycles. The van der Waals surface area contributed by atoms with E-state index in [4.69, 9.17) is 39.5 Å². The molecule has 0 aliphatic heterocycles. The molecule has 2 heterocycles. The number of nitrogens with one attached hydrogen (secondary N) is 1. The highest BCUT2D eigenvalue weighted by Crippen LogP contribution is 2.24. The van der Waals surface area contributed by atoms with Crippen molar-refractivity contribution in [3.63, 3.8) is 0 Å². The summed E-state index contributed by atoms with van der Waals surface area (Å²) in [4.78, 5) is 14.8. The number of hydrogen-bond acceptors (Lipinski definition) is 4. The normalized spacial score (nSPS) is 10.0. The highest BCUT2D eigenvalue weighted by atomic mass is 35.5. The minimum absolute atomic E-state index is 0.0912. The number of carbonyl (C=O) groups is 1. The lowest BCUT2D eigenvalue weighted by atomic mass is 10.4. The molecule has 21 heavy (non-hydrogen) atoms. The molecule has 1 amide bonds. The number of nitrogens with zero attached hydrogens (tertiary/aromatic N) is 3. The van der Waals surface area contributed by atoms with Gasteiger partial charge < -0.3 is 10.1 Å². The van der Waals surface area contributed by atoms with Crippen molar-refractivity contribution in [2.45, 2.75) is 0 Å². The van der Waals surface area contributed by atoms with Crippen molar-refractivity contribution in [1.82, 2.24) is 14.8 Å². The number of rotatable bonds is 6. The molecule has 0 fully saturated rings. The van der Waals surface area contributed by atoms with Gasteiger partial charge in [0.25, 0.3) is 0 Å². The molecule has 0 aliphatic rings. The van der Waals surface area contributed by atoms with Crippen molar-refractivity contribution in [3.05, 3.63) is 40.0 Å². The lowest BCUT2D eigenvalue weighted by Crippen LogP contribution is -2.06. The lowest BCUT2D eigenvalue weighted by molar-refractivity contribution is -0.105. The molecule has 0 atom stereocenters. The Labute approximate surface area is 135 Å². The molecule has 110 valence electrons. The maximum atomic E-state index is 10.7. The zero-order valence-corrected chi connectivity index (χ0v) is 12.7. The van der Waals surface area contributed by atoms with Gasteiger partial charge >= 0.3 is 0 Å². The van der Waals surface area contributed by atoms with Gasteiger partial charge in [-0.2, -0.15) is 4.68 Å². The van der Waals surface area contributed by atoms with Crippen LogP contribution in [0, 0.1) is 0 Å². The summed E-state index contributed by atoms with van der Waals surface area (Å²) in [5.41, 5.74) is 0. The Morgan fingerprint density at radius 2 is 2.29 bits per heavy atom. The summed E-state index contributed by atoms with van der Waals surface area (Å²) in [6.45, 7) is 0.135. The fourth-order valence-corrected chi connectivity index (χ4v) is 1.81. The highest BCUT2D eigenvalue weighted by molar-refractivity contribution is 6.55. The van der Waals surface area contributed by atoms with Crippen molar-refractivity contribution in [3.8, 4) is 11.7 Å². The fourth-order valence-electron chi connectivity index (χ4n) is 1.48. The van der Waals surface area contributed by atoms with Crippen LogP contribution in [0.1, 0.15) is 0 Å². The Hall–Kier alpha value is -1.76. The van der Waals surface area contributed by atoms with Gasteiger partial charge in [-0.15, -0.1) is 5.10 Å². The third-order valence-electron chi connectivity index (χ3n) is 2.30. The summed E-state index contributed by atoms with van der Waals surface area (Å²) in [6, 6.07) is 4.87. The predicted octanol–water partition coefficient (Wildman–Crippen LogP) is 3.19. The molecule has 2 aromatic rings. The minimum atomic E-state index is 0.0912. The van der Waals surface area contributed by atoms with Crippen molar-refractivity contribution in [1.29, 1.82) is 0 Å². The molecule has 0 saturated heterocycles. The van der Waals surface area contributed by atoms with E-state index in [1.54, 1.807) is 18.3 Å². The fraction of sp³-hybridized carbons (Fsp3) is 0.0833. The van der Waals surface area contributed by atoms with E-state index in [2.05, 4.69) is 15.4 Å². The van der Waals surface area contributed by atoms with Crippen LogP contribution in [-0.2, 0) is 4.79 Å². The van der Waals surface area contributed by atoms with Crippen molar-refractivity contribution in [2.24, 2.45) is 0 Å². The second kappa shape index (κ2) is 7.31. The zero-order valence-electron chi connectivity index (χ0n) is 10.5. The monoisotopic (exact) mass is 346 g/mol. The molecule has 6 nitrogen and oxygen atoms in total. The van der Waals surface area contributed by atoms with E-state index < -0.39 is 0 Å². The van der Waals surface area contributed by atoms with Crippen LogP contribution in [0.15, 0.2) is 35.0 Å². The van der Waals surface area contributed by atoms with Crippen molar-refractivity contribution < 1.29 is 9.53 Å². The second-order valence-electron chi connectivity index (χ2n) is 3.66. The Kier molecular flexibility index (Phi) is 5.44. The van der Waals surface area contributed by atoms with E-state index in [0.29, 0.717) is 23.1 Å². The molecule has 0 aliphatic carbocycles. The Balaban J connectivity index is 2.31. The third kappa shape index (κ3) is 4.10. The molecule has 0 bridgehead atoms. The number of anilines is 1. The molecule has 1 N–H and O–H groups in total. The van der Waals surface area contributed by atoms with Crippen molar-refractivity contribution >= 4 is 47.0 Å². The van der Waals surface area contributed by atoms with Crippen LogP contribution < -0.4 is 10.1 Å². The number of ether oxygens (including phenoxy) is 1. The van der Waals surface area contributed by atoms with Crippen LogP contribution in [0.5, 0.6) is 5.88 Å². The van der Waals surface area contributed by atoms with Gasteiger partial charge in [0.15, 0.2) is 5.82 Å². The van der Waals surface area contributed by atoms with Crippen LogP contribution in [0.2, 0.25) is 5.02 Å². The summed E-state index contributed by atoms with van der Waals surface area (Å²) >= 11 is 17.0. The third-order valence-corrected chi connectivity index (χ3v) is 2.91. The number of halogens is 3. The standard InChI is InChI=1S/C12H9Cl3N4O2/c13-8-2-1-4-16-12(8)19-10(17-7-20)6-11(18-19)21-5-3-9(14)15/h1-4,6-7H,5H2,(H,17,20). The van der Waals surface area contributed by atoms with Crippen LogP contribution >= 0.6 is 34.8 Å². The quantitative estimate of drug-likeness (QED) is 0.815. The first kappa shape index (κ1) is 15.6. The first-order valence-electron chi connectivity index (χ1n) is 5.67. The maximum Gasteiger partial charge on any atom is 0.235 e. The van der Waals surface area contributed by atoms with E-state index in [1.807, 2.05) is 0 Å². The summed E-state index contributed by atoms with van der Waals surface area (Å²) in [5, 5.41) is 7.04. The molecule has 0 unspecified atom stereocenters. The number of pyridine rings is 1. The second-order valence-corrected chi connectivity index (χ2v) is 5.07. The summed E-state index contributed by atoms with van der Waals surface area (Å²) in [7, 11) is 0. The summed E-state index contributed by atoms with van der Waals surface area (Å²) in [6.07, 6.45) is 3.54. The van der Waals surface area contributed by atoms with Gasteiger partial charge in [0, 0.05) is 12.3 Å². The smallest absolute Gasteiger partial charge is 0.235 e. The Bertz CT molecular complexity index is 668. The highest BCUT2D eigenvalue weighted by Gasteiger charge is 2.13. The molecule has 0 spiro atoms. The molecule has 2 rings (SSSR count). The number of carbonyl (C=O) groups excluding carboxylic acids is 1. The van der Waals surface area contributed by atoms with Gasteiger partial charge in [-0.1, -0.05) is 34.8 Å². The van der Waals surface area contributed by atoms with E-state index in [9.17, 15) is 4.79 Å². The maximum absolute atomic E-state index is 10.7. The predicted molar refractivity (Wildman–Crippen MR) is 81.3 cm³/mol. The molecule has 0 aromatic carbocycles. The lowest BCUT2D eigenvalue weighted by Gasteiger charge is -2.05. The SMILES string of the molecule is O=CNc1cc(OCC=C(Cl)Cl)nn1-c1ncccc1Cl. The van der Waals surface area contributed by atoms with Gasteiger partial charge in [-0.05, 0) is 18.2 Å². The van der Waals surface area contributed by atoms with Gasteiger partial charge in [-0.25, -0.2) is 4.98 Å². The number of hydrogen-bond donors (Lipinski definition) is 1. The molecular weight excluding hydrogens is 339 g/mol. The van der Waals surface area contributed by atoms with E-state index >= 15 is 0 Å². The molecular formula is C12H9Cl3N4O2. The number of aromatic nitrogens is 3. The molecule has 9 heteroatoms. The Morgan fingerprint density at radius 3 is 2.95 bits per heavy atom. The molecule has 0 saturated carbocycles. The van der Waals surface area contributed by atoms with Gasteiger partial charge in [0.1, 0.15) is 16.9 Å². The number of amides is 1. The average Bonchev–Trinajstić information content (AvgIpc) is 2.82. The van der Waals surface area contributed by atoms with E-state index in [0.717, 1.165) is 0 Å². The largest absolute Gasteiger partial charge is 0.472 e. The van der Waals surface area contributed by atoms with Crippen LogP contribution in [0.3, 0.4) is 0 Å². The Morgan fingerprint density at radius 1 is 1.48 bits per heavy atom. The average molecular weight is 348 g/mol. The van der Waals surface area contributed by atoms with Crippen molar-refractivity contribution in [2.75, 3.05) is 11.9 Å². The van der Waals surface area contributed by atoms with Gasteiger partial charge in [-0.3, -0.25) is 4.79 Å². The van der Waals surface area contributed by atoms with E-state index in [1.165, 1.54) is 16.8 Å². The zero-order chi connectivity index (χ0) is 15.2. The first-order chi connectivity index (χ1) is 10.1. The topological polar surface area (TPSA) is 69.0 Å². The van der Waals surface area contributed by atoms with Gasteiger partial charge in [0.05, 0.1) is 5.02 Å². The first-order valence-corrected chi connectivity index (χ1v) is 6.80. The van der Waals surface area contributed by atoms with E-state index in [-0.39, 0.29) is 17.0 Å². The van der Waals surface area contributed by atoms with Crippen LogP contribution in [-0.4, -0.2) is 27.8 Å². The summed E-state index contributed by atoms with van der Waals surface area (Å²) in [5.74, 6) is 0.984. The van der Waals surface area contributed by atoms with Gasteiger partial charge in [0.2, 0.25) is 12.3 Å². The minimum Gasteiger partial charge on any atom is -0.472 e. The van der Waals surface area contributed by atoms with Crippen LogP contribution in [0.25, 0.3) is 5.82 Å². The summed E-state index contributed by atoms with van der Waals surface area (Å²) < 4.78 is 6.79. The van der Waals surface area contributed by atoms with Crippen LogP contribution in [0.4, 0.5) is 5.82 Å². The molecule has 0 radical (unpaired) electrons.